The first-order valence-electron chi connectivity index (χ1n) is 6.11. The molecule has 2 rings (SSSR count). The second-order valence-electron chi connectivity index (χ2n) is 4.56. The quantitative estimate of drug-likeness (QED) is 0.379. The zero-order valence-corrected chi connectivity index (χ0v) is 12.1. The fourth-order valence-electron chi connectivity index (χ4n) is 1.95. The molecule has 5 N–H and O–H groups in total. The minimum atomic E-state index is -3.88. The van der Waals surface area contributed by atoms with Gasteiger partial charge in [-0.05, 0) is 0 Å². The summed E-state index contributed by atoms with van der Waals surface area (Å²) in [5.74, 6) is 0. The van der Waals surface area contributed by atoms with Gasteiger partial charge >= 0.3 is 5.69 Å². The van der Waals surface area contributed by atoms with Crippen LogP contribution in [0, 0.1) is 0 Å². The molecule has 0 amide bonds. The molecule has 1 fully saturated rings. The molecule has 10 nitrogen and oxygen atoms in total. The fourth-order valence-corrected chi connectivity index (χ4v) is 2.39. The van der Waals surface area contributed by atoms with Gasteiger partial charge in [-0.15, -0.1) is 0 Å². The Balaban J connectivity index is 2.18. The molecule has 1 aromatic heterocycles. The van der Waals surface area contributed by atoms with Crippen LogP contribution in [-0.4, -0.2) is 59.9 Å². The number of rotatable bonds is 4. The second-order valence-corrected chi connectivity index (χ2v) is 6.22. The van der Waals surface area contributed by atoms with E-state index in [9.17, 15) is 29.6 Å². The van der Waals surface area contributed by atoms with Crippen LogP contribution in [0.1, 0.15) is 6.23 Å². The molecule has 2 heterocycles. The minimum Gasteiger partial charge on any atom is -0.387 e. The van der Waals surface area contributed by atoms with Crippen molar-refractivity contribution in [3.63, 3.8) is 0 Å². The van der Waals surface area contributed by atoms with Gasteiger partial charge in [-0.2, -0.15) is 0 Å². The van der Waals surface area contributed by atoms with Crippen LogP contribution in [0.15, 0.2) is 28.4 Å². The highest BCUT2D eigenvalue weighted by Gasteiger charge is 2.44. The van der Waals surface area contributed by atoms with E-state index < -0.39 is 50.0 Å². The molecule has 4 atom stereocenters. The van der Waals surface area contributed by atoms with E-state index in [-0.39, 0.29) is 0 Å². The van der Waals surface area contributed by atoms with Crippen molar-refractivity contribution in [3.8, 4) is 0 Å². The lowest BCUT2D eigenvalue weighted by molar-refractivity contribution is -0.0528. The first-order valence-corrected chi connectivity index (χ1v) is 7.73. The van der Waals surface area contributed by atoms with E-state index in [0.29, 0.717) is 0 Å². The number of hydrogen-bond acceptors (Lipinski definition) is 8. The van der Waals surface area contributed by atoms with Crippen LogP contribution in [0.3, 0.4) is 0 Å². The SMILES string of the molecule is C=C=P(O)(O)OC[C@H]1O[C@@H](n2ccc(=O)[nH]c2=O)C(O)C1O. The number of hydrogen-bond donors (Lipinski definition) is 5. The topological polar surface area (TPSA) is 154 Å². The van der Waals surface area contributed by atoms with E-state index in [1.807, 2.05) is 10.4 Å². The number of aromatic amines is 1. The Morgan fingerprint density at radius 2 is 2.09 bits per heavy atom. The van der Waals surface area contributed by atoms with Gasteiger partial charge in [0.25, 0.3) is 13.1 Å². The fraction of sp³-hybridized carbons (Fsp3) is 0.455. The minimum absolute atomic E-state index is 0.462. The van der Waals surface area contributed by atoms with Gasteiger partial charge in [0.05, 0.1) is 6.61 Å². The highest BCUT2D eigenvalue weighted by molar-refractivity contribution is 7.58. The molecule has 0 bridgehead atoms. The van der Waals surface area contributed by atoms with Crippen molar-refractivity contribution in [2.24, 2.45) is 0 Å². The number of aromatic nitrogens is 2. The first kappa shape index (κ1) is 16.9. The number of aliphatic hydroxyl groups is 2. The van der Waals surface area contributed by atoms with Crippen molar-refractivity contribution in [2.45, 2.75) is 24.5 Å². The third-order valence-electron chi connectivity index (χ3n) is 3.09. The lowest BCUT2D eigenvalue weighted by Gasteiger charge is -2.17. The Labute approximate surface area is 123 Å². The van der Waals surface area contributed by atoms with E-state index >= 15 is 0 Å². The molecular formula is C11H15N2O8P. The Morgan fingerprint density at radius 1 is 1.41 bits per heavy atom. The molecule has 22 heavy (non-hydrogen) atoms. The van der Waals surface area contributed by atoms with Crippen LogP contribution in [0.2, 0.25) is 0 Å². The van der Waals surface area contributed by atoms with Crippen molar-refractivity contribution >= 4 is 13.0 Å². The molecule has 122 valence electrons. The van der Waals surface area contributed by atoms with Crippen molar-refractivity contribution in [2.75, 3.05) is 6.61 Å². The summed E-state index contributed by atoms with van der Waals surface area (Å²) in [5.41, 5.74) is 0.462. The number of H-pyrrole nitrogens is 1. The molecule has 1 aliphatic rings. The average molecular weight is 334 g/mol. The molecule has 1 aromatic rings. The van der Waals surface area contributed by atoms with Crippen molar-refractivity contribution in [1.29, 1.82) is 0 Å². The van der Waals surface area contributed by atoms with Gasteiger partial charge < -0.3 is 29.3 Å². The van der Waals surface area contributed by atoms with Crippen LogP contribution < -0.4 is 11.2 Å². The van der Waals surface area contributed by atoms with Gasteiger partial charge in [0.1, 0.15) is 18.3 Å². The van der Waals surface area contributed by atoms with Crippen molar-refractivity contribution in [3.05, 3.63) is 39.7 Å². The number of ether oxygens (including phenoxy) is 1. The van der Waals surface area contributed by atoms with Gasteiger partial charge in [-0.25, -0.2) is 4.79 Å². The zero-order valence-electron chi connectivity index (χ0n) is 11.2. The van der Waals surface area contributed by atoms with Gasteiger partial charge in [0.15, 0.2) is 6.23 Å². The Morgan fingerprint density at radius 3 is 2.68 bits per heavy atom. The van der Waals surface area contributed by atoms with Crippen molar-refractivity contribution in [1.82, 2.24) is 9.55 Å². The Hall–Kier alpha value is -1.48. The average Bonchev–Trinajstić information content (AvgIpc) is 2.73. The van der Waals surface area contributed by atoms with Crippen LogP contribution in [0.5, 0.6) is 0 Å². The number of nitrogens with one attached hydrogen (secondary N) is 1. The first-order chi connectivity index (χ1) is 10.2. The lowest BCUT2D eigenvalue weighted by Crippen LogP contribution is -2.37. The molecule has 1 saturated heterocycles. The predicted octanol–water partition coefficient (Wildman–Crippen LogP) is -2.49. The zero-order chi connectivity index (χ0) is 16.5. The summed E-state index contributed by atoms with van der Waals surface area (Å²) in [7, 11) is -3.88. The van der Waals surface area contributed by atoms with Gasteiger partial charge in [-0.3, -0.25) is 14.3 Å². The molecule has 1 aliphatic heterocycles. The van der Waals surface area contributed by atoms with Crippen LogP contribution in [0.4, 0.5) is 0 Å². The standard InChI is InChI=1S/C11H15N2O8P/c1-2-22(18,19)20-5-6-8(15)9(16)10(21-6)13-4-3-7(14)12-11(13)17/h3-4,6,8-10,15-16,18-19H,1,5H2,(H,12,14,17)/t6-,8?,9?,10-/m1/s1. The Kier molecular flexibility index (Phi) is 4.86. The summed E-state index contributed by atoms with van der Waals surface area (Å²) in [6.45, 7) is 2.60. The molecule has 0 radical (unpaired) electrons. The number of aliphatic hydroxyl groups excluding tert-OH is 2. The molecule has 0 spiro atoms. The largest absolute Gasteiger partial charge is 0.387 e. The Bertz CT molecular complexity index is 730. The summed E-state index contributed by atoms with van der Waals surface area (Å²) < 4.78 is 10.9. The van der Waals surface area contributed by atoms with Crippen LogP contribution in [0.25, 0.3) is 0 Å². The maximum atomic E-state index is 11.7. The monoisotopic (exact) mass is 334 g/mol. The second kappa shape index (κ2) is 6.33. The summed E-state index contributed by atoms with van der Waals surface area (Å²) in [4.78, 5) is 43.2. The van der Waals surface area contributed by atoms with Crippen LogP contribution >= 0.6 is 7.57 Å². The summed E-state index contributed by atoms with van der Waals surface area (Å²) in [6, 6.07) is 1.05. The molecule has 2 unspecified atom stereocenters. The van der Waals surface area contributed by atoms with Gasteiger partial charge in [0, 0.05) is 12.3 Å². The molecule has 0 saturated carbocycles. The van der Waals surface area contributed by atoms with Crippen LogP contribution in [-0.2, 0) is 9.26 Å². The summed E-state index contributed by atoms with van der Waals surface area (Å²) in [5, 5.41) is 19.8. The van der Waals surface area contributed by atoms with E-state index in [1.165, 1.54) is 0 Å². The van der Waals surface area contributed by atoms with E-state index in [4.69, 9.17) is 9.26 Å². The van der Waals surface area contributed by atoms with E-state index in [1.54, 1.807) is 0 Å². The summed E-state index contributed by atoms with van der Waals surface area (Å²) in [6.07, 6.45) is -4.18. The highest BCUT2D eigenvalue weighted by atomic mass is 31.2. The third kappa shape index (κ3) is 3.46. The van der Waals surface area contributed by atoms with Crippen molar-refractivity contribution < 1.29 is 29.3 Å². The van der Waals surface area contributed by atoms with Gasteiger partial charge in [-0.1, -0.05) is 12.0 Å². The number of nitrogens with zero attached hydrogens (tertiary/aromatic N) is 1. The third-order valence-corrected chi connectivity index (χ3v) is 4.01. The van der Waals surface area contributed by atoms with E-state index in [2.05, 4.69) is 6.58 Å². The molecular weight excluding hydrogens is 319 g/mol. The maximum Gasteiger partial charge on any atom is 0.330 e. The normalized spacial score (nSPS) is 28.5. The molecule has 0 aromatic carbocycles. The molecule has 11 heteroatoms. The smallest absolute Gasteiger partial charge is 0.330 e. The predicted molar refractivity (Wildman–Crippen MR) is 75.2 cm³/mol. The maximum absolute atomic E-state index is 11.7. The highest BCUT2D eigenvalue weighted by Crippen LogP contribution is 2.38. The van der Waals surface area contributed by atoms with Gasteiger partial charge in [0.2, 0.25) is 0 Å². The van der Waals surface area contributed by atoms with E-state index in [0.717, 1.165) is 16.8 Å². The summed E-state index contributed by atoms with van der Waals surface area (Å²) >= 11 is 0. The lowest BCUT2D eigenvalue weighted by atomic mass is 10.1. The molecule has 0 aliphatic carbocycles.